The molecule has 1 heterocycles. The van der Waals surface area contributed by atoms with Crippen molar-refractivity contribution in [3.8, 4) is 0 Å². The summed E-state index contributed by atoms with van der Waals surface area (Å²) in [5.74, 6) is -2.07. The average molecular weight is 468 g/mol. The molecular weight excluding hydrogens is 446 g/mol. The van der Waals surface area contributed by atoms with Crippen LogP contribution in [0.2, 0.25) is 5.02 Å². The Morgan fingerprint density at radius 1 is 1.06 bits per heavy atom. The third-order valence-corrected chi connectivity index (χ3v) is 7.96. The Morgan fingerprint density at radius 2 is 1.78 bits per heavy atom. The fourth-order valence-corrected chi connectivity index (χ4v) is 6.20. The minimum Gasteiger partial charge on any atom is -0.481 e. The normalized spacial score (nSPS) is 13.8. The summed E-state index contributed by atoms with van der Waals surface area (Å²) >= 11 is 6.12. The summed E-state index contributed by atoms with van der Waals surface area (Å²) < 4.78 is 29.1. The molecule has 0 bridgehead atoms. The van der Waals surface area contributed by atoms with Crippen molar-refractivity contribution in [2.75, 3.05) is 0 Å². The summed E-state index contributed by atoms with van der Waals surface area (Å²) in [5.41, 5.74) is 1.14. The number of halogens is 1. The first-order valence-electron chi connectivity index (χ1n) is 10.2. The number of nitrogens with zero attached hydrogens (tertiary/aromatic N) is 1. The maximum atomic E-state index is 14.0. The highest BCUT2D eigenvalue weighted by Gasteiger charge is 2.33. The standard InChI is InChI=1S/C25H22ClNO4S/c1-3-21(25(28)29)23-15-19-14-20(26)11-12-22(19)27(23)32(30,31)24(4-2)18-10-9-16-7-5-6-8-17(16)13-18/h4-15,21,24H,2-3H2,1H3,(H,28,29). The second-order valence-corrected chi connectivity index (χ2v) is 9.98. The monoisotopic (exact) mass is 467 g/mol. The minimum atomic E-state index is -4.10. The molecule has 0 fully saturated rings. The van der Waals surface area contributed by atoms with Gasteiger partial charge in [-0.25, -0.2) is 12.4 Å². The molecule has 0 aliphatic carbocycles. The van der Waals surface area contributed by atoms with E-state index in [1.165, 1.54) is 6.08 Å². The minimum absolute atomic E-state index is 0.199. The highest BCUT2D eigenvalue weighted by molar-refractivity contribution is 7.90. The van der Waals surface area contributed by atoms with Gasteiger partial charge in [0.1, 0.15) is 5.25 Å². The van der Waals surface area contributed by atoms with Crippen LogP contribution in [0.25, 0.3) is 21.7 Å². The van der Waals surface area contributed by atoms with E-state index < -0.39 is 27.2 Å². The van der Waals surface area contributed by atoms with Crippen molar-refractivity contribution in [1.82, 2.24) is 3.97 Å². The number of aromatic nitrogens is 1. The number of carbonyl (C=O) groups is 1. The molecule has 0 amide bonds. The zero-order chi connectivity index (χ0) is 23.0. The van der Waals surface area contributed by atoms with Gasteiger partial charge in [0.25, 0.3) is 0 Å². The molecule has 32 heavy (non-hydrogen) atoms. The van der Waals surface area contributed by atoms with Crippen molar-refractivity contribution in [3.05, 3.63) is 95.7 Å². The summed E-state index contributed by atoms with van der Waals surface area (Å²) in [6, 6.07) is 19.6. The van der Waals surface area contributed by atoms with Crippen LogP contribution in [0.15, 0.2) is 79.4 Å². The second kappa shape index (κ2) is 8.45. The number of rotatable bonds is 7. The number of hydrogen-bond donors (Lipinski definition) is 1. The summed E-state index contributed by atoms with van der Waals surface area (Å²) in [7, 11) is -4.10. The van der Waals surface area contributed by atoms with Crippen molar-refractivity contribution in [2.24, 2.45) is 0 Å². The molecule has 164 valence electrons. The first-order chi connectivity index (χ1) is 15.3. The molecule has 5 nitrogen and oxygen atoms in total. The van der Waals surface area contributed by atoms with Crippen molar-refractivity contribution in [2.45, 2.75) is 24.5 Å². The van der Waals surface area contributed by atoms with Gasteiger partial charge in [-0.3, -0.25) is 4.79 Å². The van der Waals surface area contributed by atoms with E-state index in [1.807, 2.05) is 36.4 Å². The number of aliphatic carboxylic acids is 1. The van der Waals surface area contributed by atoms with Crippen LogP contribution < -0.4 is 0 Å². The molecule has 2 atom stereocenters. The van der Waals surface area contributed by atoms with Crippen molar-refractivity contribution in [1.29, 1.82) is 0 Å². The first-order valence-corrected chi connectivity index (χ1v) is 12.1. The van der Waals surface area contributed by atoms with Gasteiger partial charge in [0, 0.05) is 16.1 Å². The highest BCUT2D eigenvalue weighted by atomic mass is 35.5. The summed E-state index contributed by atoms with van der Waals surface area (Å²) in [4.78, 5) is 12.0. The van der Waals surface area contributed by atoms with Gasteiger partial charge in [0.15, 0.2) is 0 Å². The molecule has 0 saturated carbocycles. The molecule has 0 aliphatic heterocycles. The molecule has 0 spiro atoms. The Bertz CT molecular complexity index is 1460. The quantitative estimate of drug-likeness (QED) is 0.331. The first kappa shape index (κ1) is 22.1. The van der Waals surface area contributed by atoms with Crippen LogP contribution in [0, 0.1) is 0 Å². The molecular formula is C25H22ClNO4S. The number of carboxylic acids is 1. The van der Waals surface area contributed by atoms with Crippen LogP contribution in [-0.4, -0.2) is 23.5 Å². The lowest BCUT2D eigenvalue weighted by atomic mass is 10.0. The third-order valence-electron chi connectivity index (χ3n) is 5.70. The fraction of sp³-hybridized carbons (Fsp3) is 0.160. The van der Waals surface area contributed by atoms with E-state index in [0.717, 1.165) is 14.7 Å². The number of hydrogen-bond acceptors (Lipinski definition) is 3. The molecule has 1 N–H and O–H groups in total. The molecule has 7 heteroatoms. The lowest BCUT2D eigenvalue weighted by Crippen LogP contribution is -2.25. The smallest absolute Gasteiger partial charge is 0.312 e. The van der Waals surface area contributed by atoms with Gasteiger partial charge < -0.3 is 5.11 Å². The van der Waals surface area contributed by atoms with Gasteiger partial charge in [0.05, 0.1) is 11.4 Å². The third kappa shape index (κ3) is 3.70. The van der Waals surface area contributed by atoms with Crippen LogP contribution in [0.5, 0.6) is 0 Å². The predicted molar refractivity (Wildman–Crippen MR) is 129 cm³/mol. The zero-order valence-electron chi connectivity index (χ0n) is 17.4. The lowest BCUT2D eigenvalue weighted by molar-refractivity contribution is -0.138. The SMILES string of the molecule is C=CC(c1ccc2ccccc2c1)S(=O)(=O)n1c(C(CC)C(=O)O)cc2cc(Cl)ccc21. The molecule has 4 rings (SSSR count). The van der Waals surface area contributed by atoms with Crippen LogP contribution in [-0.2, 0) is 14.8 Å². The average Bonchev–Trinajstić information content (AvgIpc) is 3.13. The topological polar surface area (TPSA) is 76.4 Å². The van der Waals surface area contributed by atoms with Gasteiger partial charge in [0.2, 0.25) is 10.0 Å². The maximum absolute atomic E-state index is 14.0. The number of benzene rings is 3. The summed E-state index contributed by atoms with van der Waals surface area (Å²) in [5, 5.41) is 11.6. The van der Waals surface area contributed by atoms with Gasteiger partial charge in [-0.2, -0.15) is 0 Å². The molecule has 4 aromatic rings. The molecule has 2 unspecified atom stereocenters. The summed E-state index contributed by atoms with van der Waals surface area (Å²) in [6.45, 7) is 5.50. The van der Waals surface area contributed by atoms with Crippen molar-refractivity contribution >= 4 is 49.3 Å². The van der Waals surface area contributed by atoms with Crippen LogP contribution in [0.1, 0.15) is 35.8 Å². The van der Waals surface area contributed by atoms with Crippen LogP contribution in [0.4, 0.5) is 0 Å². The Balaban J connectivity index is 1.97. The second-order valence-electron chi connectivity index (χ2n) is 7.64. The van der Waals surface area contributed by atoms with Crippen LogP contribution >= 0.6 is 11.6 Å². The molecule has 0 aliphatic rings. The number of carboxylic acid groups (broad SMARTS) is 1. The Kier molecular flexibility index (Phi) is 5.84. The maximum Gasteiger partial charge on any atom is 0.312 e. The molecule has 0 saturated heterocycles. The van der Waals surface area contributed by atoms with Gasteiger partial charge in [-0.05, 0) is 53.1 Å². The molecule has 3 aromatic carbocycles. The fourth-order valence-electron chi connectivity index (χ4n) is 4.15. The Morgan fingerprint density at radius 3 is 2.44 bits per heavy atom. The van der Waals surface area contributed by atoms with Gasteiger partial charge in [-0.1, -0.05) is 61.0 Å². The van der Waals surface area contributed by atoms with E-state index in [2.05, 4.69) is 6.58 Å². The zero-order valence-corrected chi connectivity index (χ0v) is 19.0. The van der Waals surface area contributed by atoms with Crippen LogP contribution in [0.3, 0.4) is 0 Å². The molecule has 0 radical (unpaired) electrons. The largest absolute Gasteiger partial charge is 0.481 e. The highest BCUT2D eigenvalue weighted by Crippen LogP contribution is 2.36. The van der Waals surface area contributed by atoms with E-state index in [1.54, 1.807) is 37.3 Å². The van der Waals surface area contributed by atoms with E-state index in [-0.39, 0.29) is 12.1 Å². The molecule has 1 aromatic heterocycles. The van der Waals surface area contributed by atoms with E-state index in [4.69, 9.17) is 11.6 Å². The van der Waals surface area contributed by atoms with Crippen molar-refractivity contribution in [3.63, 3.8) is 0 Å². The van der Waals surface area contributed by atoms with Gasteiger partial charge >= 0.3 is 5.97 Å². The van der Waals surface area contributed by atoms with E-state index in [0.29, 0.717) is 21.5 Å². The lowest BCUT2D eigenvalue weighted by Gasteiger charge is -2.21. The van der Waals surface area contributed by atoms with E-state index in [9.17, 15) is 18.3 Å². The predicted octanol–water partition coefficient (Wildman–Crippen LogP) is 6.13. The van der Waals surface area contributed by atoms with Gasteiger partial charge in [-0.15, -0.1) is 6.58 Å². The Hall–Kier alpha value is -3.09. The number of fused-ring (bicyclic) bond motifs is 2. The Labute approximate surface area is 191 Å². The summed E-state index contributed by atoms with van der Waals surface area (Å²) in [6.07, 6.45) is 1.62. The van der Waals surface area contributed by atoms with E-state index >= 15 is 0 Å². The van der Waals surface area contributed by atoms with Crippen molar-refractivity contribution < 1.29 is 18.3 Å².